The Morgan fingerprint density at radius 1 is 1.18 bits per heavy atom. The Morgan fingerprint density at radius 3 is 2.64 bits per heavy atom. The molecule has 2 amide bonds. The average molecular weight is 381 g/mol. The van der Waals surface area contributed by atoms with Gasteiger partial charge < -0.3 is 15.5 Å². The summed E-state index contributed by atoms with van der Waals surface area (Å²) in [5, 5.41) is 5.72. The van der Waals surface area contributed by atoms with Crippen molar-refractivity contribution in [2.75, 3.05) is 24.5 Å². The molecule has 7 nitrogen and oxygen atoms in total. The highest BCUT2D eigenvalue weighted by atomic mass is 16.2. The van der Waals surface area contributed by atoms with Crippen LogP contribution in [0.4, 0.5) is 5.82 Å². The summed E-state index contributed by atoms with van der Waals surface area (Å²) in [6.45, 7) is 5.61. The van der Waals surface area contributed by atoms with E-state index in [1.807, 2.05) is 31.2 Å². The van der Waals surface area contributed by atoms with E-state index in [0.29, 0.717) is 5.56 Å². The van der Waals surface area contributed by atoms with Crippen molar-refractivity contribution < 1.29 is 9.59 Å². The summed E-state index contributed by atoms with van der Waals surface area (Å²) >= 11 is 0. The number of anilines is 1. The fourth-order valence-electron chi connectivity index (χ4n) is 3.37. The third kappa shape index (κ3) is 5.06. The summed E-state index contributed by atoms with van der Waals surface area (Å²) in [7, 11) is 0. The van der Waals surface area contributed by atoms with Gasteiger partial charge in [-0.05, 0) is 37.8 Å². The summed E-state index contributed by atoms with van der Waals surface area (Å²) in [6, 6.07) is 9.48. The van der Waals surface area contributed by atoms with Crippen molar-refractivity contribution in [1.29, 1.82) is 0 Å². The molecule has 0 atom stereocenters. The van der Waals surface area contributed by atoms with Gasteiger partial charge in [0.05, 0.1) is 6.54 Å². The molecule has 28 heavy (non-hydrogen) atoms. The molecule has 0 bridgehead atoms. The van der Waals surface area contributed by atoms with Gasteiger partial charge in [-0.2, -0.15) is 0 Å². The second-order valence-corrected chi connectivity index (χ2v) is 7.05. The van der Waals surface area contributed by atoms with Crippen molar-refractivity contribution in [3.63, 3.8) is 0 Å². The van der Waals surface area contributed by atoms with Gasteiger partial charge in [0.2, 0.25) is 5.91 Å². The molecule has 1 saturated heterocycles. The molecule has 0 spiro atoms. The van der Waals surface area contributed by atoms with E-state index in [9.17, 15) is 9.59 Å². The number of aromatic nitrogens is 2. The summed E-state index contributed by atoms with van der Waals surface area (Å²) in [5.41, 5.74) is 2.52. The molecule has 0 unspecified atom stereocenters. The Labute approximate surface area is 165 Å². The van der Waals surface area contributed by atoms with Crippen molar-refractivity contribution in [2.45, 2.75) is 39.2 Å². The first-order valence-electron chi connectivity index (χ1n) is 9.76. The molecule has 3 rings (SSSR count). The maximum atomic E-state index is 12.2. The number of nitrogens with zero attached hydrogens (tertiary/aromatic N) is 3. The zero-order valence-corrected chi connectivity index (χ0v) is 16.4. The number of carbonyl (C=O) groups is 2. The van der Waals surface area contributed by atoms with Gasteiger partial charge in [0.15, 0.2) is 0 Å². The molecular weight excluding hydrogens is 354 g/mol. The Hall–Kier alpha value is -2.96. The third-order valence-corrected chi connectivity index (χ3v) is 5.05. The van der Waals surface area contributed by atoms with Gasteiger partial charge in [-0.1, -0.05) is 25.1 Å². The van der Waals surface area contributed by atoms with Crippen molar-refractivity contribution in [2.24, 2.45) is 0 Å². The molecule has 1 aromatic carbocycles. The molecule has 1 aromatic heterocycles. The van der Waals surface area contributed by atoms with Crippen LogP contribution in [0.5, 0.6) is 0 Å². The van der Waals surface area contributed by atoms with Crippen molar-refractivity contribution in [1.82, 2.24) is 20.6 Å². The summed E-state index contributed by atoms with van der Waals surface area (Å²) in [6.07, 6.45) is 4.20. The number of rotatable bonds is 6. The number of benzene rings is 1. The maximum Gasteiger partial charge on any atom is 0.251 e. The number of carbonyl (C=O) groups excluding carboxylic acids is 2. The summed E-state index contributed by atoms with van der Waals surface area (Å²) in [5.74, 6) is 0.566. The normalized spacial score (nSPS) is 14.6. The van der Waals surface area contributed by atoms with Crippen molar-refractivity contribution in [3.8, 4) is 0 Å². The Balaban J connectivity index is 1.43. The van der Waals surface area contributed by atoms with E-state index >= 15 is 0 Å². The largest absolute Gasteiger partial charge is 0.356 e. The van der Waals surface area contributed by atoms with Gasteiger partial charge in [0, 0.05) is 36.5 Å². The van der Waals surface area contributed by atoms with Crippen LogP contribution in [0.1, 0.15) is 41.4 Å². The van der Waals surface area contributed by atoms with E-state index in [-0.39, 0.29) is 24.4 Å². The molecule has 1 aliphatic heterocycles. The standard InChI is InChI=1S/C21H27N5O2/c1-3-16-12-19(24-14-23-16)26-10-8-17(9-11-26)25-20(27)13-22-21(28)18-7-5-4-6-15(18)2/h4-7,12,14,17H,3,8-11,13H2,1-2H3,(H,22,28)(H,25,27). The summed E-state index contributed by atoms with van der Waals surface area (Å²) < 4.78 is 0. The maximum absolute atomic E-state index is 12.2. The van der Waals surface area contributed by atoms with Gasteiger partial charge >= 0.3 is 0 Å². The molecule has 1 fully saturated rings. The third-order valence-electron chi connectivity index (χ3n) is 5.05. The first-order valence-corrected chi connectivity index (χ1v) is 9.76. The average Bonchev–Trinajstić information content (AvgIpc) is 2.73. The van der Waals surface area contributed by atoms with Crippen LogP contribution >= 0.6 is 0 Å². The predicted molar refractivity (Wildman–Crippen MR) is 108 cm³/mol. The molecule has 0 saturated carbocycles. The van der Waals surface area contributed by atoms with Crippen molar-refractivity contribution in [3.05, 3.63) is 53.5 Å². The number of hydrogen-bond acceptors (Lipinski definition) is 5. The van der Waals surface area contributed by atoms with Crippen LogP contribution in [-0.2, 0) is 11.2 Å². The van der Waals surface area contributed by atoms with Crippen LogP contribution in [-0.4, -0.2) is 47.5 Å². The number of piperidine rings is 1. The number of hydrogen-bond donors (Lipinski definition) is 2. The van der Waals surface area contributed by atoms with Crippen LogP contribution in [0.15, 0.2) is 36.7 Å². The van der Waals surface area contributed by atoms with Crippen LogP contribution in [0, 0.1) is 6.92 Å². The van der Waals surface area contributed by atoms with Crippen LogP contribution in [0.25, 0.3) is 0 Å². The van der Waals surface area contributed by atoms with E-state index in [1.165, 1.54) is 0 Å². The van der Waals surface area contributed by atoms with Gasteiger partial charge in [0.1, 0.15) is 12.1 Å². The minimum absolute atomic E-state index is 0.0147. The quantitative estimate of drug-likeness (QED) is 0.798. The molecule has 0 aliphatic carbocycles. The molecule has 148 valence electrons. The van der Waals surface area contributed by atoms with E-state index in [4.69, 9.17) is 0 Å². The minimum Gasteiger partial charge on any atom is -0.356 e. The van der Waals surface area contributed by atoms with Crippen LogP contribution in [0.2, 0.25) is 0 Å². The predicted octanol–water partition coefficient (Wildman–Crippen LogP) is 1.86. The monoisotopic (exact) mass is 381 g/mol. The highest BCUT2D eigenvalue weighted by Crippen LogP contribution is 2.18. The molecular formula is C21H27N5O2. The number of aryl methyl sites for hydroxylation is 2. The fourth-order valence-corrected chi connectivity index (χ4v) is 3.37. The topological polar surface area (TPSA) is 87.2 Å². The molecule has 1 aliphatic rings. The Kier molecular flexibility index (Phi) is 6.57. The lowest BCUT2D eigenvalue weighted by atomic mass is 10.0. The van der Waals surface area contributed by atoms with Gasteiger partial charge in [-0.3, -0.25) is 9.59 Å². The molecule has 2 aromatic rings. The van der Waals surface area contributed by atoms with Crippen LogP contribution < -0.4 is 15.5 Å². The number of amides is 2. The first-order chi connectivity index (χ1) is 13.6. The molecule has 0 radical (unpaired) electrons. The van der Waals surface area contributed by atoms with E-state index < -0.39 is 0 Å². The highest BCUT2D eigenvalue weighted by Gasteiger charge is 2.22. The van der Waals surface area contributed by atoms with Crippen molar-refractivity contribution >= 4 is 17.6 Å². The van der Waals surface area contributed by atoms with Gasteiger partial charge in [-0.15, -0.1) is 0 Å². The SMILES string of the molecule is CCc1cc(N2CCC(NC(=O)CNC(=O)c3ccccc3C)CC2)ncn1. The Bertz CT molecular complexity index is 831. The van der Waals surface area contributed by atoms with E-state index in [0.717, 1.165) is 49.4 Å². The van der Waals surface area contributed by atoms with E-state index in [2.05, 4.69) is 32.4 Å². The lowest BCUT2D eigenvalue weighted by molar-refractivity contribution is -0.120. The molecule has 2 heterocycles. The van der Waals surface area contributed by atoms with Crippen LogP contribution in [0.3, 0.4) is 0 Å². The first kappa shape index (κ1) is 19.8. The zero-order valence-electron chi connectivity index (χ0n) is 16.4. The second-order valence-electron chi connectivity index (χ2n) is 7.05. The summed E-state index contributed by atoms with van der Waals surface area (Å²) in [4.78, 5) is 35.2. The van der Waals surface area contributed by atoms with E-state index in [1.54, 1.807) is 12.4 Å². The smallest absolute Gasteiger partial charge is 0.251 e. The lowest BCUT2D eigenvalue weighted by Crippen LogP contribution is -2.47. The second kappa shape index (κ2) is 9.30. The van der Waals surface area contributed by atoms with Gasteiger partial charge in [-0.25, -0.2) is 9.97 Å². The minimum atomic E-state index is -0.224. The lowest BCUT2D eigenvalue weighted by Gasteiger charge is -2.33. The Morgan fingerprint density at radius 2 is 1.93 bits per heavy atom. The molecule has 2 N–H and O–H groups in total. The fraction of sp³-hybridized carbons (Fsp3) is 0.429. The number of nitrogens with one attached hydrogen (secondary N) is 2. The zero-order chi connectivity index (χ0) is 19.9. The highest BCUT2D eigenvalue weighted by molar-refractivity contribution is 5.97. The molecule has 7 heteroatoms. The van der Waals surface area contributed by atoms with Gasteiger partial charge in [0.25, 0.3) is 5.91 Å².